The van der Waals surface area contributed by atoms with Crippen molar-refractivity contribution in [1.29, 1.82) is 0 Å². The number of nitrogens with one attached hydrogen (secondary N) is 1. The SMILES string of the molecule is CC(C)Oc1ccc(Nc2ncc3c(n2)N(c2ccc(CC(=O)N4CCN(C)CC4)cc2)CC3)cc1. The van der Waals surface area contributed by atoms with Crippen LogP contribution in [0.3, 0.4) is 0 Å². The lowest BCUT2D eigenvalue weighted by molar-refractivity contribution is -0.132. The number of anilines is 4. The molecular formula is C28H34N6O2. The molecule has 0 unspecified atom stereocenters. The molecule has 8 heteroatoms. The van der Waals surface area contributed by atoms with E-state index in [4.69, 9.17) is 9.72 Å². The fourth-order valence-corrected chi connectivity index (χ4v) is 4.61. The molecular weight excluding hydrogens is 452 g/mol. The average Bonchev–Trinajstić information content (AvgIpc) is 3.29. The normalized spacial score (nSPS) is 15.8. The zero-order valence-electron chi connectivity index (χ0n) is 21.3. The van der Waals surface area contributed by atoms with Crippen molar-refractivity contribution in [3.05, 3.63) is 65.9 Å². The average molecular weight is 487 g/mol. The maximum Gasteiger partial charge on any atom is 0.229 e. The molecule has 2 aliphatic rings. The van der Waals surface area contributed by atoms with Crippen molar-refractivity contribution in [3.8, 4) is 5.75 Å². The Hall–Kier alpha value is -3.65. The molecule has 1 N–H and O–H groups in total. The van der Waals surface area contributed by atoms with E-state index >= 15 is 0 Å². The van der Waals surface area contributed by atoms with Crippen molar-refractivity contribution in [3.63, 3.8) is 0 Å². The molecule has 2 aliphatic heterocycles. The van der Waals surface area contributed by atoms with Gasteiger partial charge in [-0.3, -0.25) is 4.79 Å². The van der Waals surface area contributed by atoms with Crippen LogP contribution in [0.1, 0.15) is 25.0 Å². The largest absolute Gasteiger partial charge is 0.491 e. The number of rotatable bonds is 7. The monoisotopic (exact) mass is 486 g/mol. The number of hydrogen-bond acceptors (Lipinski definition) is 7. The van der Waals surface area contributed by atoms with E-state index in [1.165, 1.54) is 0 Å². The minimum Gasteiger partial charge on any atom is -0.491 e. The van der Waals surface area contributed by atoms with Gasteiger partial charge >= 0.3 is 0 Å². The second-order valence-corrected chi connectivity index (χ2v) is 9.79. The van der Waals surface area contributed by atoms with Crippen molar-refractivity contribution >= 4 is 29.0 Å². The van der Waals surface area contributed by atoms with E-state index in [9.17, 15) is 4.79 Å². The van der Waals surface area contributed by atoms with Gasteiger partial charge in [0.05, 0.1) is 12.5 Å². The third-order valence-electron chi connectivity index (χ3n) is 6.64. The summed E-state index contributed by atoms with van der Waals surface area (Å²) in [6.45, 7) is 8.38. The molecule has 0 spiro atoms. The minimum absolute atomic E-state index is 0.140. The molecule has 3 aromatic rings. The summed E-state index contributed by atoms with van der Waals surface area (Å²) in [5.74, 6) is 2.53. The van der Waals surface area contributed by atoms with Gasteiger partial charge in [0.15, 0.2) is 0 Å². The van der Waals surface area contributed by atoms with Gasteiger partial charge in [-0.1, -0.05) is 12.1 Å². The van der Waals surface area contributed by atoms with Crippen LogP contribution in [0.4, 0.5) is 23.1 Å². The van der Waals surface area contributed by atoms with Crippen LogP contribution < -0.4 is 15.0 Å². The standard InChI is InChI=1S/C28H34N6O2/c1-20(2)36-25-10-6-23(7-11-25)30-28-29-19-22-12-13-34(27(22)31-28)24-8-4-21(5-9-24)18-26(35)33-16-14-32(3)15-17-33/h4-11,19-20H,12-18H2,1-3H3,(H,29,30,31). The Kier molecular flexibility index (Phi) is 7.04. The van der Waals surface area contributed by atoms with E-state index in [0.717, 1.165) is 73.2 Å². The molecule has 0 aliphatic carbocycles. The van der Waals surface area contributed by atoms with Gasteiger partial charge in [-0.05, 0) is 69.3 Å². The van der Waals surface area contributed by atoms with Crippen molar-refractivity contribution in [2.24, 2.45) is 0 Å². The van der Waals surface area contributed by atoms with Crippen LogP contribution in [-0.4, -0.2) is 71.6 Å². The molecule has 3 heterocycles. The van der Waals surface area contributed by atoms with Gasteiger partial charge in [-0.2, -0.15) is 4.98 Å². The quantitative estimate of drug-likeness (QED) is 0.541. The van der Waals surface area contributed by atoms with Crippen LogP contribution in [0.25, 0.3) is 0 Å². The summed E-state index contributed by atoms with van der Waals surface area (Å²) in [7, 11) is 2.10. The molecule has 36 heavy (non-hydrogen) atoms. The lowest BCUT2D eigenvalue weighted by Crippen LogP contribution is -2.47. The number of likely N-dealkylation sites (N-methyl/N-ethyl adjacent to an activating group) is 1. The second kappa shape index (κ2) is 10.5. The number of carbonyl (C=O) groups is 1. The van der Waals surface area contributed by atoms with Crippen molar-refractivity contribution in [2.45, 2.75) is 32.8 Å². The summed E-state index contributed by atoms with van der Waals surface area (Å²) in [4.78, 5) is 28.5. The fraction of sp³-hybridized carbons (Fsp3) is 0.393. The smallest absolute Gasteiger partial charge is 0.229 e. The first-order valence-electron chi connectivity index (χ1n) is 12.7. The molecule has 1 saturated heterocycles. The number of amides is 1. The van der Waals surface area contributed by atoms with Crippen LogP contribution >= 0.6 is 0 Å². The van der Waals surface area contributed by atoms with Crippen LogP contribution in [0.15, 0.2) is 54.7 Å². The van der Waals surface area contributed by atoms with Gasteiger partial charge in [-0.25, -0.2) is 4.98 Å². The summed E-state index contributed by atoms with van der Waals surface area (Å²) in [6.07, 6.45) is 3.39. The Morgan fingerprint density at radius 3 is 2.42 bits per heavy atom. The molecule has 0 saturated carbocycles. The number of ether oxygens (including phenoxy) is 1. The summed E-state index contributed by atoms with van der Waals surface area (Å²) < 4.78 is 5.72. The van der Waals surface area contributed by atoms with Gasteiger partial charge in [0.2, 0.25) is 11.9 Å². The number of fused-ring (bicyclic) bond motifs is 1. The highest BCUT2D eigenvalue weighted by atomic mass is 16.5. The fourth-order valence-electron chi connectivity index (χ4n) is 4.61. The molecule has 1 aromatic heterocycles. The Bertz CT molecular complexity index is 1190. The topological polar surface area (TPSA) is 73.8 Å². The Morgan fingerprint density at radius 2 is 1.72 bits per heavy atom. The van der Waals surface area contributed by atoms with Gasteiger partial charge in [-0.15, -0.1) is 0 Å². The number of hydrogen-bond donors (Lipinski definition) is 1. The van der Waals surface area contributed by atoms with E-state index < -0.39 is 0 Å². The molecule has 0 atom stereocenters. The first-order valence-corrected chi connectivity index (χ1v) is 12.7. The van der Waals surface area contributed by atoms with Crippen molar-refractivity contribution in [1.82, 2.24) is 19.8 Å². The highest BCUT2D eigenvalue weighted by Crippen LogP contribution is 2.33. The zero-order chi connectivity index (χ0) is 25.1. The predicted molar refractivity (Wildman–Crippen MR) is 142 cm³/mol. The van der Waals surface area contributed by atoms with Crippen molar-refractivity contribution in [2.75, 3.05) is 50.0 Å². The Labute approximate surface area is 212 Å². The van der Waals surface area contributed by atoms with Crippen molar-refractivity contribution < 1.29 is 9.53 Å². The van der Waals surface area contributed by atoms with E-state index in [0.29, 0.717) is 12.4 Å². The van der Waals surface area contributed by atoms with Crippen LogP contribution in [-0.2, 0) is 17.6 Å². The lowest BCUT2D eigenvalue weighted by atomic mass is 10.1. The summed E-state index contributed by atoms with van der Waals surface area (Å²) in [5, 5.41) is 3.30. The number of nitrogens with zero attached hydrogens (tertiary/aromatic N) is 5. The van der Waals surface area contributed by atoms with E-state index in [1.807, 2.05) is 49.2 Å². The van der Waals surface area contributed by atoms with E-state index in [-0.39, 0.29) is 12.0 Å². The molecule has 1 amide bonds. The first-order chi connectivity index (χ1) is 17.4. The molecule has 2 aromatic carbocycles. The number of piperazine rings is 1. The predicted octanol–water partition coefficient (Wildman–Crippen LogP) is 4.02. The molecule has 0 bridgehead atoms. The number of carbonyl (C=O) groups excluding carboxylic acids is 1. The molecule has 188 valence electrons. The summed E-state index contributed by atoms with van der Waals surface area (Å²) in [6, 6.07) is 16.1. The summed E-state index contributed by atoms with van der Waals surface area (Å²) in [5.41, 5.74) is 4.15. The van der Waals surface area contributed by atoms with Gasteiger partial charge < -0.3 is 24.8 Å². The van der Waals surface area contributed by atoms with Crippen LogP contribution in [0.2, 0.25) is 0 Å². The van der Waals surface area contributed by atoms with E-state index in [1.54, 1.807) is 0 Å². The Morgan fingerprint density at radius 1 is 1.00 bits per heavy atom. The maximum atomic E-state index is 12.7. The van der Waals surface area contributed by atoms with Gasteiger partial charge in [0.25, 0.3) is 0 Å². The zero-order valence-corrected chi connectivity index (χ0v) is 21.3. The third-order valence-corrected chi connectivity index (χ3v) is 6.64. The molecule has 8 nitrogen and oxygen atoms in total. The minimum atomic E-state index is 0.140. The van der Waals surface area contributed by atoms with Crippen LogP contribution in [0.5, 0.6) is 5.75 Å². The molecule has 5 rings (SSSR count). The second-order valence-electron chi connectivity index (χ2n) is 9.79. The molecule has 0 radical (unpaired) electrons. The summed E-state index contributed by atoms with van der Waals surface area (Å²) >= 11 is 0. The third kappa shape index (κ3) is 5.60. The lowest BCUT2D eigenvalue weighted by Gasteiger charge is -2.32. The number of aromatic nitrogens is 2. The highest BCUT2D eigenvalue weighted by Gasteiger charge is 2.24. The molecule has 1 fully saturated rings. The van der Waals surface area contributed by atoms with Gasteiger partial charge in [0.1, 0.15) is 11.6 Å². The highest BCUT2D eigenvalue weighted by molar-refractivity contribution is 5.79. The Balaban J connectivity index is 1.24. The van der Waals surface area contributed by atoms with E-state index in [2.05, 4.69) is 51.4 Å². The number of benzene rings is 2. The first kappa shape index (κ1) is 24.1. The maximum absolute atomic E-state index is 12.7. The van der Waals surface area contributed by atoms with Gasteiger partial charge in [0, 0.05) is 55.9 Å². The van der Waals surface area contributed by atoms with Crippen LogP contribution in [0, 0.1) is 0 Å².